The van der Waals surface area contributed by atoms with Crippen molar-refractivity contribution in [3.8, 4) is 11.8 Å². The number of rotatable bonds is 4. The predicted molar refractivity (Wildman–Crippen MR) is 82.6 cm³/mol. The molecule has 3 N–H and O–H groups in total. The summed E-state index contributed by atoms with van der Waals surface area (Å²) in [6.07, 6.45) is 2.38. The largest absolute Gasteiger partial charge is 0.350 e. The lowest BCUT2D eigenvalue weighted by Crippen LogP contribution is -2.26. The summed E-state index contributed by atoms with van der Waals surface area (Å²) in [4.78, 5) is 16.0. The second kappa shape index (κ2) is 7.83. The van der Waals surface area contributed by atoms with Crippen molar-refractivity contribution in [2.75, 3.05) is 13.1 Å². The summed E-state index contributed by atoms with van der Waals surface area (Å²) in [6, 6.07) is 13.4. The molecule has 106 valence electrons. The van der Waals surface area contributed by atoms with E-state index in [1.165, 1.54) is 5.56 Å². The summed E-state index contributed by atoms with van der Waals surface area (Å²) in [5.41, 5.74) is 7.63. The van der Waals surface area contributed by atoms with Crippen LogP contribution in [0.2, 0.25) is 0 Å². The molecule has 0 aliphatic carbocycles. The highest BCUT2D eigenvalue weighted by atomic mass is 16.1. The first kappa shape index (κ1) is 14.8. The SMILES string of the molecule is NCC#Cc1ccc(C(=O)NCCc2ccccc2)nc1. The minimum absolute atomic E-state index is 0.177. The van der Waals surface area contributed by atoms with Gasteiger partial charge >= 0.3 is 0 Å². The minimum Gasteiger partial charge on any atom is -0.350 e. The summed E-state index contributed by atoms with van der Waals surface area (Å²) in [5, 5.41) is 2.85. The third kappa shape index (κ3) is 4.75. The van der Waals surface area contributed by atoms with Crippen molar-refractivity contribution in [2.45, 2.75) is 6.42 Å². The number of pyridine rings is 1. The zero-order chi connectivity index (χ0) is 14.9. The molecule has 0 bridgehead atoms. The van der Waals surface area contributed by atoms with E-state index in [0.717, 1.165) is 12.0 Å². The zero-order valence-electron chi connectivity index (χ0n) is 11.7. The van der Waals surface area contributed by atoms with E-state index in [4.69, 9.17) is 5.73 Å². The maximum Gasteiger partial charge on any atom is 0.269 e. The Kier molecular flexibility index (Phi) is 5.50. The summed E-state index contributed by atoms with van der Waals surface area (Å²) < 4.78 is 0. The van der Waals surface area contributed by atoms with E-state index in [1.54, 1.807) is 18.3 Å². The van der Waals surface area contributed by atoms with Gasteiger partial charge in [0.15, 0.2) is 0 Å². The molecule has 1 aromatic carbocycles. The fraction of sp³-hybridized carbons (Fsp3) is 0.176. The van der Waals surface area contributed by atoms with Gasteiger partial charge in [-0.1, -0.05) is 42.2 Å². The number of aromatic nitrogens is 1. The van der Waals surface area contributed by atoms with Gasteiger partial charge in [0.05, 0.1) is 6.54 Å². The summed E-state index contributed by atoms with van der Waals surface area (Å²) >= 11 is 0. The first-order valence-corrected chi connectivity index (χ1v) is 6.76. The zero-order valence-corrected chi connectivity index (χ0v) is 11.7. The lowest BCUT2D eigenvalue weighted by atomic mass is 10.1. The molecule has 2 aromatic rings. The van der Waals surface area contributed by atoms with Crippen LogP contribution in [0.15, 0.2) is 48.7 Å². The number of hydrogen-bond acceptors (Lipinski definition) is 3. The Morgan fingerprint density at radius 2 is 2.00 bits per heavy atom. The molecule has 0 radical (unpaired) electrons. The number of benzene rings is 1. The molecule has 0 unspecified atom stereocenters. The van der Waals surface area contributed by atoms with Gasteiger partial charge in [0.2, 0.25) is 0 Å². The molecule has 4 heteroatoms. The number of carbonyl (C=O) groups excluding carboxylic acids is 1. The highest BCUT2D eigenvalue weighted by molar-refractivity contribution is 5.92. The Bertz CT molecular complexity index is 639. The van der Waals surface area contributed by atoms with E-state index in [-0.39, 0.29) is 5.91 Å². The predicted octanol–water partition coefficient (Wildman–Crippen LogP) is 1.36. The fourth-order valence-electron chi connectivity index (χ4n) is 1.81. The molecular formula is C17H17N3O. The fourth-order valence-corrected chi connectivity index (χ4v) is 1.81. The Hall–Kier alpha value is -2.64. The van der Waals surface area contributed by atoms with Crippen LogP contribution in [0.5, 0.6) is 0 Å². The minimum atomic E-state index is -0.177. The van der Waals surface area contributed by atoms with E-state index < -0.39 is 0 Å². The standard InChI is InChI=1S/C17H17N3O/c18-11-4-7-15-8-9-16(20-13-15)17(21)19-12-10-14-5-2-1-3-6-14/h1-3,5-6,8-9,13H,10-12,18H2,(H,19,21). The number of nitrogens with zero attached hydrogens (tertiary/aromatic N) is 1. The topological polar surface area (TPSA) is 68.0 Å². The van der Waals surface area contributed by atoms with Crippen LogP contribution >= 0.6 is 0 Å². The first-order valence-electron chi connectivity index (χ1n) is 6.76. The Labute approximate surface area is 124 Å². The average molecular weight is 279 g/mol. The van der Waals surface area contributed by atoms with Crippen LogP contribution < -0.4 is 11.1 Å². The summed E-state index contributed by atoms with van der Waals surface area (Å²) in [6.45, 7) is 0.890. The van der Waals surface area contributed by atoms with E-state index in [1.807, 2.05) is 30.3 Å². The Morgan fingerprint density at radius 1 is 1.19 bits per heavy atom. The second-order valence-corrected chi connectivity index (χ2v) is 4.43. The number of nitrogens with two attached hydrogens (primary N) is 1. The monoisotopic (exact) mass is 279 g/mol. The molecule has 1 heterocycles. The molecule has 1 aromatic heterocycles. The molecule has 0 saturated carbocycles. The van der Waals surface area contributed by atoms with Gasteiger partial charge in [-0.2, -0.15) is 0 Å². The molecule has 0 fully saturated rings. The van der Waals surface area contributed by atoms with Gasteiger partial charge in [0.1, 0.15) is 5.69 Å². The van der Waals surface area contributed by atoms with Crippen LogP contribution in [-0.4, -0.2) is 24.0 Å². The maximum absolute atomic E-state index is 11.9. The van der Waals surface area contributed by atoms with Crippen molar-refractivity contribution in [1.29, 1.82) is 0 Å². The van der Waals surface area contributed by atoms with Crippen molar-refractivity contribution in [2.24, 2.45) is 5.73 Å². The van der Waals surface area contributed by atoms with Crippen molar-refractivity contribution >= 4 is 5.91 Å². The van der Waals surface area contributed by atoms with Gasteiger partial charge < -0.3 is 11.1 Å². The summed E-state index contributed by atoms with van der Waals surface area (Å²) in [7, 11) is 0. The van der Waals surface area contributed by atoms with Crippen molar-refractivity contribution in [1.82, 2.24) is 10.3 Å². The van der Waals surface area contributed by atoms with Gasteiger partial charge in [0, 0.05) is 18.3 Å². The number of nitrogens with one attached hydrogen (secondary N) is 1. The molecule has 0 spiro atoms. The molecule has 21 heavy (non-hydrogen) atoms. The average Bonchev–Trinajstić information content (AvgIpc) is 2.54. The van der Waals surface area contributed by atoms with Crippen LogP contribution in [0.25, 0.3) is 0 Å². The normalized spacial score (nSPS) is 9.57. The quantitative estimate of drug-likeness (QED) is 0.830. The molecule has 0 aliphatic rings. The highest BCUT2D eigenvalue weighted by Crippen LogP contribution is 2.00. The second-order valence-electron chi connectivity index (χ2n) is 4.43. The molecule has 1 amide bonds. The van der Waals surface area contributed by atoms with Crippen molar-refractivity contribution < 1.29 is 4.79 Å². The molecule has 0 aliphatic heterocycles. The summed E-state index contributed by atoms with van der Waals surface area (Å²) in [5.74, 6) is 5.43. The van der Waals surface area contributed by atoms with E-state index >= 15 is 0 Å². The van der Waals surface area contributed by atoms with Gasteiger partial charge in [-0.05, 0) is 24.1 Å². The molecule has 4 nitrogen and oxygen atoms in total. The van der Waals surface area contributed by atoms with Crippen molar-refractivity contribution in [3.63, 3.8) is 0 Å². The van der Waals surface area contributed by atoms with E-state index in [2.05, 4.69) is 22.1 Å². The molecule has 0 atom stereocenters. The van der Waals surface area contributed by atoms with Gasteiger partial charge in [-0.25, -0.2) is 4.98 Å². The van der Waals surface area contributed by atoms with Crippen LogP contribution in [0.3, 0.4) is 0 Å². The van der Waals surface area contributed by atoms with Gasteiger partial charge in [-0.3, -0.25) is 4.79 Å². The number of amides is 1. The highest BCUT2D eigenvalue weighted by Gasteiger charge is 2.05. The van der Waals surface area contributed by atoms with Crippen LogP contribution in [0.4, 0.5) is 0 Å². The smallest absolute Gasteiger partial charge is 0.269 e. The first-order chi connectivity index (χ1) is 10.3. The molecular weight excluding hydrogens is 262 g/mol. The molecule has 0 saturated heterocycles. The lowest BCUT2D eigenvalue weighted by Gasteiger charge is -2.04. The Morgan fingerprint density at radius 3 is 2.67 bits per heavy atom. The number of carbonyl (C=O) groups is 1. The van der Waals surface area contributed by atoms with Crippen LogP contribution in [0.1, 0.15) is 21.6 Å². The molecule has 2 rings (SSSR count). The van der Waals surface area contributed by atoms with Crippen LogP contribution in [-0.2, 0) is 6.42 Å². The van der Waals surface area contributed by atoms with Gasteiger partial charge in [-0.15, -0.1) is 0 Å². The van der Waals surface area contributed by atoms with Crippen molar-refractivity contribution in [3.05, 3.63) is 65.5 Å². The maximum atomic E-state index is 11.9. The number of hydrogen-bond donors (Lipinski definition) is 2. The van der Waals surface area contributed by atoms with E-state index in [9.17, 15) is 4.79 Å². The lowest BCUT2D eigenvalue weighted by molar-refractivity contribution is 0.0949. The third-order valence-electron chi connectivity index (χ3n) is 2.87. The Balaban J connectivity index is 1.85. The van der Waals surface area contributed by atoms with Gasteiger partial charge in [0.25, 0.3) is 5.91 Å². The third-order valence-corrected chi connectivity index (χ3v) is 2.87. The van der Waals surface area contributed by atoms with Crippen LogP contribution in [0, 0.1) is 11.8 Å². The van der Waals surface area contributed by atoms with E-state index in [0.29, 0.717) is 18.8 Å².